The summed E-state index contributed by atoms with van der Waals surface area (Å²) in [6, 6.07) is -2.72. The summed E-state index contributed by atoms with van der Waals surface area (Å²) < 4.78 is 1.82. The predicted molar refractivity (Wildman–Crippen MR) is 200 cm³/mol. The first kappa shape index (κ1) is 42.4. The molecule has 10 unspecified atom stereocenters. The van der Waals surface area contributed by atoms with Gasteiger partial charge < -0.3 is 61.8 Å². The van der Waals surface area contributed by atoms with Gasteiger partial charge in [0.1, 0.15) is 42.3 Å². The molecule has 1 fully saturated rings. The van der Waals surface area contributed by atoms with Gasteiger partial charge in [0.15, 0.2) is 0 Å². The molecule has 10 N–H and O–H groups in total. The second-order valence-corrected chi connectivity index (χ2v) is 16.0. The van der Waals surface area contributed by atoms with E-state index in [1.807, 2.05) is 10.6 Å². The third-order valence-corrected chi connectivity index (χ3v) is 11.5. The average molecular weight is 803 g/mol. The van der Waals surface area contributed by atoms with Gasteiger partial charge in [0.25, 0.3) is 0 Å². The number of hydrogen-bond acceptors (Lipinski definition) is 12. The normalized spacial score (nSPS) is 30.4. The number of aryl methyl sites for hydroxylation is 1. The molecule has 3 aliphatic rings. The third kappa shape index (κ3) is 9.26. The lowest BCUT2D eigenvalue weighted by Crippen LogP contribution is -2.61. The van der Waals surface area contributed by atoms with Crippen molar-refractivity contribution >= 4 is 64.0 Å². The van der Waals surface area contributed by atoms with Crippen molar-refractivity contribution in [2.24, 2.45) is 7.05 Å². The van der Waals surface area contributed by atoms with E-state index in [9.17, 15) is 54.0 Å². The molecule has 5 rings (SSSR count). The fraction of sp³-hybridized carbons (Fsp3) is 0.583. The molecule has 0 spiro atoms. The van der Waals surface area contributed by atoms with Gasteiger partial charge in [0, 0.05) is 49.5 Å². The Labute approximate surface area is 326 Å². The maximum absolute atomic E-state index is 14.4. The number of fused-ring (bicyclic) bond motifs is 5. The lowest BCUT2D eigenvalue weighted by molar-refractivity contribution is -0.142. The number of carbonyl (C=O) groups excluding carboxylic acids is 7. The standard InChI is InChI=1S/C36H50N8O11S/c1-16-28(48)39-22-11-21-20-8-6-7-9-25(20)43(5)35(21)56-14-24(34(54)44-13-19(47)10-26(44)32(52)38-16)41-33(53)27(18(3)46)42-29(49)17(2)37-31(51)23(40-30(22)50)12-36(4,55)15-45/h6-9,16-19,22-24,26-27,45-47,55H,10-15H2,1-5H3,(H,37,51)(H,38,52)(H,39,48)(H,40,50)(H,41,53)(H,42,49). The van der Waals surface area contributed by atoms with Crippen LogP contribution in [0.3, 0.4) is 0 Å². The maximum Gasteiger partial charge on any atom is 0.246 e. The number of carbonyl (C=O) groups is 7. The fourth-order valence-corrected chi connectivity index (χ4v) is 8.28. The Hall–Kier alpha value is -4.76. The Kier molecular flexibility index (Phi) is 13.0. The molecule has 4 heterocycles. The SMILES string of the molecule is CC1NC(=O)C(CC(C)(O)CO)NC(=O)C2Cc3c(n(C)c4ccccc34)SCC(NC(=O)C(C(C)O)NC1=O)C(=O)N1CC(O)CC1C(=O)NC(C)C(=O)N2. The number of amides is 7. The van der Waals surface area contributed by atoms with Crippen molar-refractivity contribution in [2.45, 2.75) is 112 Å². The van der Waals surface area contributed by atoms with E-state index in [2.05, 4.69) is 31.9 Å². The van der Waals surface area contributed by atoms with E-state index in [-0.39, 0.29) is 25.1 Å². The van der Waals surface area contributed by atoms with Crippen LogP contribution in [0.4, 0.5) is 0 Å². The van der Waals surface area contributed by atoms with Crippen molar-refractivity contribution in [3.8, 4) is 0 Å². The highest BCUT2D eigenvalue weighted by Gasteiger charge is 2.44. The topological polar surface area (TPSA) is 281 Å². The first-order valence-electron chi connectivity index (χ1n) is 18.3. The van der Waals surface area contributed by atoms with Gasteiger partial charge in [-0.2, -0.15) is 0 Å². The molecule has 7 amide bonds. The second-order valence-electron chi connectivity index (χ2n) is 15.0. The van der Waals surface area contributed by atoms with Crippen LogP contribution in [0.15, 0.2) is 29.3 Å². The summed E-state index contributed by atoms with van der Waals surface area (Å²) in [6.07, 6.45) is -3.52. The first-order chi connectivity index (χ1) is 26.3. The quantitative estimate of drug-likeness (QED) is 0.143. The molecule has 0 aliphatic carbocycles. The minimum atomic E-state index is -1.90. The lowest BCUT2D eigenvalue weighted by Gasteiger charge is -2.31. The van der Waals surface area contributed by atoms with E-state index in [1.54, 1.807) is 25.2 Å². The zero-order valence-electron chi connectivity index (χ0n) is 31.7. The van der Waals surface area contributed by atoms with Gasteiger partial charge in [-0.25, -0.2) is 0 Å². The molecule has 1 aromatic carbocycles. The molecular weight excluding hydrogens is 753 g/mol. The Morgan fingerprint density at radius 3 is 2.14 bits per heavy atom. The summed E-state index contributed by atoms with van der Waals surface area (Å²) in [5, 5.41) is 58.5. The van der Waals surface area contributed by atoms with E-state index in [1.165, 1.54) is 27.7 Å². The number of aliphatic hydroxyl groups excluding tert-OH is 3. The zero-order valence-corrected chi connectivity index (χ0v) is 32.5. The van der Waals surface area contributed by atoms with Crippen LogP contribution in [0.1, 0.15) is 46.1 Å². The molecule has 2 aromatic rings. The van der Waals surface area contributed by atoms with Gasteiger partial charge in [0.2, 0.25) is 41.4 Å². The molecule has 20 heteroatoms. The van der Waals surface area contributed by atoms with Crippen molar-refractivity contribution in [1.29, 1.82) is 0 Å². The van der Waals surface area contributed by atoms with Crippen molar-refractivity contribution in [3.63, 3.8) is 0 Å². The summed E-state index contributed by atoms with van der Waals surface area (Å²) in [6.45, 7) is 4.04. The Bertz CT molecular complexity index is 1890. The molecule has 0 radical (unpaired) electrons. The van der Waals surface area contributed by atoms with Crippen molar-refractivity contribution in [1.82, 2.24) is 41.4 Å². The van der Waals surface area contributed by atoms with Crippen LogP contribution < -0.4 is 31.9 Å². The largest absolute Gasteiger partial charge is 0.393 e. The van der Waals surface area contributed by atoms with Crippen LogP contribution in [0.25, 0.3) is 10.9 Å². The van der Waals surface area contributed by atoms with Crippen LogP contribution in [0.2, 0.25) is 0 Å². The maximum atomic E-state index is 14.4. The summed E-state index contributed by atoms with van der Waals surface area (Å²) in [7, 11) is 1.76. The molecule has 3 aliphatic heterocycles. The van der Waals surface area contributed by atoms with Crippen LogP contribution in [0, 0.1) is 0 Å². The monoisotopic (exact) mass is 802 g/mol. The van der Waals surface area contributed by atoms with Crippen molar-refractivity contribution < 1.29 is 54.0 Å². The summed E-state index contributed by atoms with van der Waals surface area (Å²) in [5.74, 6) is -6.21. The van der Waals surface area contributed by atoms with Gasteiger partial charge in [-0.1, -0.05) is 18.2 Å². The summed E-state index contributed by atoms with van der Waals surface area (Å²) in [5.41, 5.74) is -0.620. The van der Waals surface area contributed by atoms with Gasteiger partial charge in [0.05, 0.1) is 29.4 Å². The van der Waals surface area contributed by atoms with Crippen molar-refractivity contribution in [3.05, 3.63) is 29.8 Å². The van der Waals surface area contributed by atoms with Gasteiger partial charge in [-0.15, -0.1) is 11.8 Å². The number of nitrogens with one attached hydrogen (secondary N) is 6. The van der Waals surface area contributed by atoms with Gasteiger partial charge in [-0.05, 0) is 39.3 Å². The summed E-state index contributed by atoms with van der Waals surface area (Å²) >= 11 is 1.13. The molecule has 56 heavy (non-hydrogen) atoms. The van der Waals surface area contributed by atoms with Crippen LogP contribution in [0.5, 0.6) is 0 Å². The molecule has 1 saturated heterocycles. The number of hydrogen-bond donors (Lipinski definition) is 10. The smallest absolute Gasteiger partial charge is 0.246 e. The Balaban J connectivity index is 1.71. The number of rotatable bonds is 4. The van der Waals surface area contributed by atoms with E-state index in [0.717, 1.165) is 22.2 Å². The first-order valence-corrected chi connectivity index (χ1v) is 19.3. The Morgan fingerprint density at radius 2 is 1.48 bits per heavy atom. The molecule has 1 aromatic heterocycles. The highest BCUT2D eigenvalue weighted by atomic mass is 32.2. The molecule has 2 bridgehead atoms. The molecule has 19 nitrogen and oxygen atoms in total. The van der Waals surface area contributed by atoms with E-state index in [4.69, 9.17) is 0 Å². The van der Waals surface area contributed by atoms with E-state index >= 15 is 0 Å². The second kappa shape index (κ2) is 17.2. The minimum Gasteiger partial charge on any atom is -0.393 e. The van der Waals surface area contributed by atoms with Gasteiger partial charge in [-0.3, -0.25) is 33.6 Å². The number of nitrogens with zero attached hydrogens (tertiary/aromatic N) is 2. The fourth-order valence-electron chi connectivity index (χ4n) is 7.07. The van der Waals surface area contributed by atoms with E-state index in [0.29, 0.717) is 16.0 Å². The number of benzene rings is 1. The molecule has 306 valence electrons. The number of thioether (sulfide) groups is 1. The number of para-hydroxylation sites is 1. The zero-order chi connectivity index (χ0) is 41.2. The summed E-state index contributed by atoms with van der Waals surface area (Å²) in [4.78, 5) is 98.3. The third-order valence-electron chi connectivity index (χ3n) is 10.2. The lowest BCUT2D eigenvalue weighted by atomic mass is 9.96. The number of aromatic nitrogens is 1. The average Bonchev–Trinajstić information content (AvgIpc) is 3.66. The minimum absolute atomic E-state index is 0.159. The predicted octanol–water partition coefficient (Wildman–Crippen LogP) is -3.74. The molecular formula is C36H50N8O11S. The van der Waals surface area contributed by atoms with Gasteiger partial charge >= 0.3 is 0 Å². The highest BCUT2D eigenvalue weighted by Crippen LogP contribution is 2.34. The molecule has 10 atom stereocenters. The Morgan fingerprint density at radius 1 is 0.857 bits per heavy atom. The van der Waals surface area contributed by atoms with Crippen LogP contribution >= 0.6 is 11.8 Å². The van der Waals surface area contributed by atoms with Crippen LogP contribution in [-0.2, 0) is 47.0 Å². The highest BCUT2D eigenvalue weighted by molar-refractivity contribution is 7.99. The molecule has 0 saturated carbocycles. The number of aliphatic hydroxyl groups is 4. The van der Waals surface area contributed by atoms with E-state index < -0.39 is 114 Å². The van der Waals surface area contributed by atoms with Crippen LogP contribution in [-0.4, -0.2) is 150 Å². The van der Waals surface area contributed by atoms with Crippen molar-refractivity contribution in [2.75, 3.05) is 18.9 Å².